The van der Waals surface area contributed by atoms with Gasteiger partial charge in [-0.15, -0.1) is 0 Å². The van der Waals surface area contributed by atoms with Crippen molar-refractivity contribution >= 4 is 23.4 Å². The summed E-state index contributed by atoms with van der Waals surface area (Å²) in [6.45, 7) is 1.76. The minimum absolute atomic E-state index is 0.0775. The summed E-state index contributed by atoms with van der Waals surface area (Å²) in [5.74, 6) is -1.49. The topological polar surface area (TPSA) is 119 Å². The monoisotopic (exact) mass is 383 g/mol. The Bertz CT molecular complexity index is 944. The molecule has 2 aromatic rings. The molecule has 0 aliphatic carbocycles. The number of para-hydroxylation sites is 1. The maximum absolute atomic E-state index is 12.6. The van der Waals surface area contributed by atoms with Crippen molar-refractivity contribution in [1.82, 2.24) is 10.2 Å². The Morgan fingerprint density at radius 3 is 2.54 bits per heavy atom. The van der Waals surface area contributed by atoms with Gasteiger partial charge in [-0.05, 0) is 25.1 Å². The summed E-state index contributed by atoms with van der Waals surface area (Å²) in [7, 11) is 0. The van der Waals surface area contributed by atoms with Gasteiger partial charge in [0.05, 0.1) is 17.0 Å². The molecule has 144 valence electrons. The summed E-state index contributed by atoms with van der Waals surface area (Å²) < 4.78 is 5.46. The number of carbonyl (C=O) groups excluding carboxylic acids is 3. The van der Waals surface area contributed by atoms with Crippen LogP contribution in [0.4, 0.5) is 5.69 Å². The molecule has 9 heteroatoms. The number of nitrogens with one attached hydrogen (secondary N) is 1. The second-order valence-corrected chi connectivity index (χ2v) is 6.07. The van der Waals surface area contributed by atoms with Gasteiger partial charge in [0.15, 0.2) is 0 Å². The maximum Gasteiger partial charge on any atom is 0.282 e. The summed E-state index contributed by atoms with van der Waals surface area (Å²) in [5.41, 5.74) is -0.821. The molecular formula is C19H17N3O6. The van der Waals surface area contributed by atoms with E-state index in [1.54, 1.807) is 12.1 Å². The molecule has 0 radical (unpaired) electrons. The number of nitro groups is 1. The molecule has 0 bridgehead atoms. The number of carbonyl (C=O) groups is 3. The molecule has 1 aliphatic heterocycles. The van der Waals surface area contributed by atoms with Gasteiger partial charge in [-0.2, -0.15) is 0 Å². The number of fused-ring (bicyclic) bond motifs is 1. The zero-order valence-corrected chi connectivity index (χ0v) is 15.0. The zero-order valence-electron chi connectivity index (χ0n) is 15.0. The molecule has 3 rings (SSSR count). The van der Waals surface area contributed by atoms with E-state index in [1.165, 1.54) is 19.1 Å². The minimum Gasteiger partial charge on any atom is -0.492 e. The smallest absolute Gasteiger partial charge is 0.282 e. The molecule has 1 atom stereocenters. The highest BCUT2D eigenvalue weighted by atomic mass is 16.6. The lowest BCUT2D eigenvalue weighted by Crippen LogP contribution is -2.48. The van der Waals surface area contributed by atoms with Crippen molar-refractivity contribution in [3.05, 3.63) is 69.8 Å². The highest BCUT2D eigenvalue weighted by Gasteiger charge is 2.44. The molecule has 3 amide bonds. The number of nitro benzene ring substituents is 1. The lowest BCUT2D eigenvalue weighted by Gasteiger charge is -2.21. The molecule has 0 fully saturated rings. The van der Waals surface area contributed by atoms with Crippen LogP contribution in [0.15, 0.2) is 48.5 Å². The normalized spacial score (nSPS) is 13.8. The largest absolute Gasteiger partial charge is 0.492 e. The zero-order chi connectivity index (χ0) is 20.3. The third-order valence-corrected chi connectivity index (χ3v) is 4.30. The minimum atomic E-state index is -1.12. The first-order valence-electron chi connectivity index (χ1n) is 8.52. The van der Waals surface area contributed by atoms with Gasteiger partial charge in [-0.25, -0.2) is 0 Å². The van der Waals surface area contributed by atoms with Gasteiger partial charge in [0.1, 0.15) is 24.0 Å². The molecule has 1 aliphatic rings. The Balaban J connectivity index is 1.64. The summed E-state index contributed by atoms with van der Waals surface area (Å²) in [4.78, 5) is 48.6. The van der Waals surface area contributed by atoms with Crippen molar-refractivity contribution in [2.45, 2.75) is 13.0 Å². The van der Waals surface area contributed by atoms with Crippen molar-refractivity contribution in [2.24, 2.45) is 0 Å². The molecule has 0 saturated heterocycles. The van der Waals surface area contributed by atoms with Gasteiger partial charge < -0.3 is 10.1 Å². The summed E-state index contributed by atoms with van der Waals surface area (Å²) in [5, 5.41) is 13.7. The van der Waals surface area contributed by atoms with E-state index < -0.39 is 34.4 Å². The second kappa shape index (κ2) is 7.87. The van der Waals surface area contributed by atoms with Crippen molar-refractivity contribution in [3.63, 3.8) is 0 Å². The molecule has 28 heavy (non-hydrogen) atoms. The van der Waals surface area contributed by atoms with E-state index in [2.05, 4.69) is 5.32 Å². The molecule has 0 saturated carbocycles. The quantitative estimate of drug-likeness (QED) is 0.337. The van der Waals surface area contributed by atoms with Gasteiger partial charge in [0.25, 0.3) is 17.5 Å². The molecule has 1 unspecified atom stereocenters. The van der Waals surface area contributed by atoms with E-state index in [0.29, 0.717) is 5.75 Å². The predicted octanol–water partition coefficient (Wildman–Crippen LogP) is 1.77. The van der Waals surface area contributed by atoms with Gasteiger partial charge >= 0.3 is 0 Å². The third kappa shape index (κ3) is 3.54. The van der Waals surface area contributed by atoms with Crippen molar-refractivity contribution in [1.29, 1.82) is 0 Å². The first-order chi connectivity index (χ1) is 13.4. The molecule has 0 spiro atoms. The van der Waals surface area contributed by atoms with Crippen LogP contribution < -0.4 is 10.1 Å². The average molecular weight is 383 g/mol. The lowest BCUT2D eigenvalue weighted by molar-refractivity contribution is -0.385. The van der Waals surface area contributed by atoms with Gasteiger partial charge in [0, 0.05) is 6.07 Å². The van der Waals surface area contributed by atoms with E-state index in [-0.39, 0.29) is 24.3 Å². The summed E-state index contributed by atoms with van der Waals surface area (Å²) >= 11 is 0. The Morgan fingerprint density at radius 1 is 1.14 bits per heavy atom. The van der Waals surface area contributed by atoms with E-state index in [9.17, 15) is 24.5 Å². The number of hydrogen-bond acceptors (Lipinski definition) is 6. The van der Waals surface area contributed by atoms with Crippen LogP contribution in [-0.2, 0) is 4.79 Å². The SMILES string of the molecule is CC(C(=O)NCCOc1ccccc1)N1C(=O)c2cccc([N+](=O)[O-])c2C1=O. The maximum atomic E-state index is 12.6. The average Bonchev–Trinajstić information content (AvgIpc) is 2.95. The van der Waals surface area contributed by atoms with Crippen LogP contribution in [0.25, 0.3) is 0 Å². The predicted molar refractivity (Wildman–Crippen MR) is 98.0 cm³/mol. The molecule has 0 aromatic heterocycles. The second-order valence-electron chi connectivity index (χ2n) is 6.07. The standard InChI is InChI=1S/C19H17N3O6/c1-12(17(23)20-10-11-28-13-6-3-2-4-7-13)21-18(24)14-8-5-9-15(22(26)27)16(14)19(21)25/h2-9,12H,10-11H2,1H3,(H,20,23). The molecule has 2 aromatic carbocycles. The van der Waals surface area contributed by atoms with Gasteiger partial charge in [-0.3, -0.25) is 29.4 Å². The van der Waals surface area contributed by atoms with Crippen LogP contribution in [0, 0.1) is 10.1 Å². The number of rotatable bonds is 7. The van der Waals surface area contributed by atoms with E-state index >= 15 is 0 Å². The van der Waals surface area contributed by atoms with Crippen LogP contribution in [-0.4, -0.2) is 46.7 Å². The van der Waals surface area contributed by atoms with Crippen LogP contribution in [0.1, 0.15) is 27.6 Å². The van der Waals surface area contributed by atoms with E-state index in [4.69, 9.17) is 4.74 Å². The summed E-state index contributed by atoms with van der Waals surface area (Å²) in [6, 6.07) is 11.7. The van der Waals surface area contributed by atoms with Crippen LogP contribution >= 0.6 is 0 Å². The van der Waals surface area contributed by atoms with E-state index in [1.807, 2.05) is 18.2 Å². The molecular weight excluding hydrogens is 366 g/mol. The number of hydrogen-bond donors (Lipinski definition) is 1. The van der Waals surface area contributed by atoms with E-state index in [0.717, 1.165) is 11.0 Å². The fraction of sp³-hybridized carbons (Fsp3) is 0.211. The van der Waals surface area contributed by atoms with Gasteiger partial charge in [-0.1, -0.05) is 24.3 Å². The fourth-order valence-electron chi connectivity index (χ4n) is 2.91. The van der Waals surface area contributed by atoms with Crippen LogP contribution in [0.5, 0.6) is 5.75 Å². The fourth-order valence-corrected chi connectivity index (χ4v) is 2.91. The first kappa shape index (κ1) is 19.0. The lowest BCUT2D eigenvalue weighted by atomic mass is 10.1. The third-order valence-electron chi connectivity index (χ3n) is 4.30. The summed E-state index contributed by atoms with van der Waals surface area (Å²) in [6.07, 6.45) is 0. The Hall–Kier alpha value is -3.75. The van der Waals surface area contributed by atoms with Crippen LogP contribution in [0.2, 0.25) is 0 Å². The Morgan fingerprint density at radius 2 is 1.86 bits per heavy atom. The molecule has 9 nitrogen and oxygen atoms in total. The highest BCUT2D eigenvalue weighted by Crippen LogP contribution is 2.31. The number of imide groups is 1. The number of benzene rings is 2. The first-order valence-corrected chi connectivity index (χ1v) is 8.52. The molecule has 1 heterocycles. The number of amides is 3. The van der Waals surface area contributed by atoms with Gasteiger partial charge in [0.2, 0.25) is 5.91 Å². The molecule has 1 N–H and O–H groups in total. The number of nitrogens with zero attached hydrogens (tertiary/aromatic N) is 2. The highest BCUT2D eigenvalue weighted by molar-refractivity contribution is 6.24. The van der Waals surface area contributed by atoms with Crippen molar-refractivity contribution in [2.75, 3.05) is 13.2 Å². The Kier molecular flexibility index (Phi) is 5.35. The van der Waals surface area contributed by atoms with Crippen molar-refractivity contribution < 1.29 is 24.0 Å². The number of ether oxygens (including phenoxy) is 1. The van der Waals surface area contributed by atoms with Crippen LogP contribution in [0.3, 0.4) is 0 Å². The Labute approximate surface area is 160 Å². The van der Waals surface area contributed by atoms with Crippen molar-refractivity contribution in [3.8, 4) is 5.75 Å².